The van der Waals surface area contributed by atoms with Gasteiger partial charge in [-0.2, -0.15) is 0 Å². The SMILES string of the molecule is CCCNCc1ccc(-c2cccc(Cl)c2C)o1.Cl. The fraction of sp³-hybridized carbons (Fsp3) is 0.333. The van der Waals surface area contributed by atoms with Crippen LogP contribution in [0, 0.1) is 6.92 Å². The zero-order valence-electron chi connectivity index (χ0n) is 11.2. The van der Waals surface area contributed by atoms with E-state index in [-0.39, 0.29) is 12.4 Å². The molecule has 0 aliphatic carbocycles. The van der Waals surface area contributed by atoms with Gasteiger partial charge in [0.05, 0.1) is 6.54 Å². The van der Waals surface area contributed by atoms with Crippen molar-refractivity contribution in [2.75, 3.05) is 6.54 Å². The van der Waals surface area contributed by atoms with E-state index in [1.54, 1.807) is 0 Å². The van der Waals surface area contributed by atoms with Gasteiger partial charge in [0.1, 0.15) is 11.5 Å². The lowest BCUT2D eigenvalue weighted by atomic mass is 10.1. The van der Waals surface area contributed by atoms with Crippen molar-refractivity contribution in [3.05, 3.63) is 46.7 Å². The summed E-state index contributed by atoms with van der Waals surface area (Å²) in [6.45, 7) is 5.94. The summed E-state index contributed by atoms with van der Waals surface area (Å²) in [6, 6.07) is 9.89. The maximum atomic E-state index is 6.12. The van der Waals surface area contributed by atoms with Crippen molar-refractivity contribution in [1.82, 2.24) is 5.32 Å². The molecular weight excluding hydrogens is 281 g/mol. The number of rotatable bonds is 5. The molecule has 0 fully saturated rings. The number of hydrogen-bond acceptors (Lipinski definition) is 2. The molecule has 2 aromatic rings. The minimum atomic E-state index is 0. The lowest BCUT2D eigenvalue weighted by molar-refractivity contribution is 0.493. The summed E-state index contributed by atoms with van der Waals surface area (Å²) in [5.41, 5.74) is 2.12. The molecule has 0 aliphatic rings. The summed E-state index contributed by atoms with van der Waals surface area (Å²) >= 11 is 6.12. The largest absolute Gasteiger partial charge is 0.460 e. The molecule has 0 bridgehead atoms. The lowest BCUT2D eigenvalue weighted by Crippen LogP contribution is -2.12. The molecule has 2 nitrogen and oxygen atoms in total. The average Bonchev–Trinajstić information content (AvgIpc) is 2.82. The van der Waals surface area contributed by atoms with Gasteiger partial charge in [-0.05, 0) is 43.7 Å². The van der Waals surface area contributed by atoms with Crippen LogP contribution in [0.4, 0.5) is 0 Å². The predicted octanol–water partition coefficient (Wildman–Crippen LogP) is 4.83. The highest BCUT2D eigenvalue weighted by Crippen LogP contribution is 2.29. The van der Waals surface area contributed by atoms with E-state index in [9.17, 15) is 0 Å². The van der Waals surface area contributed by atoms with Crippen LogP contribution < -0.4 is 5.32 Å². The van der Waals surface area contributed by atoms with Crippen molar-refractivity contribution >= 4 is 24.0 Å². The second-order valence-corrected chi connectivity index (χ2v) is 4.76. The van der Waals surface area contributed by atoms with Crippen molar-refractivity contribution in [3.8, 4) is 11.3 Å². The van der Waals surface area contributed by atoms with Gasteiger partial charge in [-0.15, -0.1) is 12.4 Å². The first-order valence-corrected chi connectivity index (χ1v) is 6.65. The van der Waals surface area contributed by atoms with Crippen LogP contribution in [0.5, 0.6) is 0 Å². The maximum absolute atomic E-state index is 6.12. The van der Waals surface area contributed by atoms with E-state index in [4.69, 9.17) is 16.0 Å². The number of furan rings is 1. The van der Waals surface area contributed by atoms with Crippen LogP contribution in [-0.4, -0.2) is 6.54 Å². The Morgan fingerprint density at radius 1 is 1.21 bits per heavy atom. The third-order valence-corrected chi connectivity index (χ3v) is 3.33. The van der Waals surface area contributed by atoms with Crippen LogP contribution in [0.15, 0.2) is 34.7 Å². The molecule has 104 valence electrons. The Balaban J connectivity index is 0.00000180. The molecule has 1 aromatic carbocycles. The van der Waals surface area contributed by atoms with E-state index in [0.717, 1.165) is 47.2 Å². The molecule has 0 saturated carbocycles. The smallest absolute Gasteiger partial charge is 0.134 e. The van der Waals surface area contributed by atoms with Crippen molar-refractivity contribution in [2.45, 2.75) is 26.8 Å². The lowest BCUT2D eigenvalue weighted by Gasteiger charge is -2.04. The van der Waals surface area contributed by atoms with E-state index < -0.39 is 0 Å². The quantitative estimate of drug-likeness (QED) is 0.800. The first-order valence-electron chi connectivity index (χ1n) is 6.27. The minimum absolute atomic E-state index is 0. The second-order valence-electron chi connectivity index (χ2n) is 4.36. The third-order valence-electron chi connectivity index (χ3n) is 2.92. The molecule has 19 heavy (non-hydrogen) atoms. The zero-order valence-corrected chi connectivity index (χ0v) is 12.8. The van der Waals surface area contributed by atoms with Gasteiger partial charge in [-0.1, -0.05) is 30.7 Å². The van der Waals surface area contributed by atoms with Crippen LogP contribution in [0.25, 0.3) is 11.3 Å². The van der Waals surface area contributed by atoms with Gasteiger partial charge >= 0.3 is 0 Å². The Hall–Kier alpha value is -0.960. The Morgan fingerprint density at radius 2 is 2.00 bits per heavy atom. The summed E-state index contributed by atoms with van der Waals surface area (Å²) < 4.78 is 5.83. The molecule has 1 heterocycles. The highest BCUT2D eigenvalue weighted by Gasteiger charge is 2.09. The molecule has 2 rings (SSSR count). The molecule has 0 atom stereocenters. The monoisotopic (exact) mass is 299 g/mol. The van der Waals surface area contributed by atoms with E-state index in [2.05, 4.69) is 12.2 Å². The van der Waals surface area contributed by atoms with Gasteiger partial charge in [0, 0.05) is 10.6 Å². The zero-order chi connectivity index (χ0) is 13.0. The molecule has 0 saturated heterocycles. The normalized spacial score (nSPS) is 10.3. The summed E-state index contributed by atoms with van der Waals surface area (Å²) in [7, 11) is 0. The van der Waals surface area contributed by atoms with E-state index in [1.165, 1.54) is 0 Å². The van der Waals surface area contributed by atoms with Crippen LogP contribution in [0.2, 0.25) is 5.02 Å². The fourth-order valence-corrected chi connectivity index (χ4v) is 2.05. The highest BCUT2D eigenvalue weighted by molar-refractivity contribution is 6.31. The summed E-state index contributed by atoms with van der Waals surface area (Å²) in [4.78, 5) is 0. The first kappa shape index (κ1) is 16.1. The van der Waals surface area contributed by atoms with Gasteiger partial charge < -0.3 is 9.73 Å². The van der Waals surface area contributed by atoms with Crippen LogP contribution in [0.1, 0.15) is 24.7 Å². The van der Waals surface area contributed by atoms with Gasteiger partial charge in [0.25, 0.3) is 0 Å². The average molecular weight is 300 g/mol. The van der Waals surface area contributed by atoms with Crippen LogP contribution in [-0.2, 0) is 6.54 Å². The Labute approximate surface area is 125 Å². The van der Waals surface area contributed by atoms with E-state index >= 15 is 0 Å². The number of benzene rings is 1. The summed E-state index contributed by atoms with van der Waals surface area (Å²) in [5, 5.41) is 4.10. The Kier molecular flexibility index (Phi) is 6.43. The third kappa shape index (κ3) is 4.00. The van der Waals surface area contributed by atoms with Gasteiger partial charge in [0.2, 0.25) is 0 Å². The summed E-state index contributed by atoms with van der Waals surface area (Å²) in [6.07, 6.45) is 1.13. The molecule has 1 N–H and O–H groups in total. The van der Waals surface area contributed by atoms with Crippen LogP contribution in [0.3, 0.4) is 0 Å². The number of halogens is 2. The number of hydrogen-bond donors (Lipinski definition) is 1. The van der Waals surface area contributed by atoms with Crippen molar-refractivity contribution in [2.24, 2.45) is 0 Å². The van der Waals surface area contributed by atoms with Crippen LogP contribution >= 0.6 is 24.0 Å². The second kappa shape index (κ2) is 7.59. The van der Waals surface area contributed by atoms with Gasteiger partial charge in [0.15, 0.2) is 0 Å². The maximum Gasteiger partial charge on any atom is 0.134 e. The molecule has 0 aliphatic heterocycles. The van der Waals surface area contributed by atoms with Crippen molar-refractivity contribution in [3.63, 3.8) is 0 Å². The topological polar surface area (TPSA) is 25.2 Å². The molecule has 0 amide bonds. The molecule has 1 aromatic heterocycles. The predicted molar refractivity (Wildman–Crippen MR) is 83.1 cm³/mol. The Bertz CT molecular complexity index is 523. The van der Waals surface area contributed by atoms with E-state index in [1.807, 2.05) is 37.3 Å². The van der Waals surface area contributed by atoms with Crippen molar-refractivity contribution in [1.29, 1.82) is 0 Å². The first-order chi connectivity index (χ1) is 8.72. The van der Waals surface area contributed by atoms with E-state index in [0.29, 0.717) is 0 Å². The van der Waals surface area contributed by atoms with Gasteiger partial charge in [-0.3, -0.25) is 0 Å². The molecular formula is C15H19Cl2NO. The minimum Gasteiger partial charge on any atom is -0.460 e. The molecule has 0 unspecified atom stereocenters. The molecule has 0 radical (unpaired) electrons. The standard InChI is InChI=1S/C15H18ClNO.ClH/c1-3-9-17-10-12-7-8-15(18-12)13-5-4-6-14(16)11(13)2;/h4-8,17H,3,9-10H2,1-2H3;1H. The molecule has 4 heteroatoms. The fourth-order valence-electron chi connectivity index (χ4n) is 1.88. The van der Waals surface area contributed by atoms with Crippen molar-refractivity contribution < 1.29 is 4.42 Å². The summed E-state index contributed by atoms with van der Waals surface area (Å²) in [5.74, 6) is 1.83. The molecule has 0 spiro atoms. The highest BCUT2D eigenvalue weighted by atomic mass is 35.5. The Morgan fingerprint density at radius 3 is 2.74 bits per heavy atom. The van der Waals surface area contributed by atoms with Gasteiger partial charge in [-0.25, -0.2) is 0 Å². The number of nitrogens with one attached hydrogen (secondary N) is 1.